The van der Waals surface area contributed by atoms with Crippen molar-refractivity contribution < 1.29 is 5.11 Å². The summed E-state index contributed by atoms with van der Waals surface area (Å²) in [5, 5.41) is 12.3. The first-order valence-electron chi connectivity index (χ1n) is 5.49. The molecule has 1 unspecified atom stereocenters. The zero-order chi connectivity index (χ0) is 11.5. The van der Waals surface area contributed by atoms with Crippen LogP contribution < -0.4 is 5.32 Å². The number of nitrogens with zero attached hydrogens (tertiary/aromatic N) is 2. The van der Waals surface area contributed by atoms with Crippen molar-refractivity contribution >= 4 is 5.65 Å². The Morgan fingerprint density at radius 1 is 1.56 bits per heavy atom. The molecule has 86 valence electrons. The van der Waals surface area contributed by atoms with Gasteiger partial charge in [0.2, 0.25) is 0 Å². The largest absolute Gasteiger partial charge is 0.392 e. The van der Waals surface area contributed by atoms with Gasteiger partial charge in [0.05, 0.1) is 18.0 Å². The highest BCUT2D eigenvalue weighted by molar-refractivity contribution is 5.48. The van der Waals surface area contributed by atoms with Gasteiger partial charge in [-0.15, -0.1) is 0 Å². The lowest BCUT2D eigenvalue weighted by molar-refractivity contribution is 0.191. The van der Waals surface area contributed by atoms with Crippen molar-refractivity contribution in [2.45, 2.75) is 26.5 Å². The SMILES string of the molecule is Cc1cccn2c(CNCC(C)O)cnc12. The fraction of sp³-hybridized carbons (Fsp3) is 0.417. The maximum atomic E-state index is 9.15. The van der Waals surface area contributed by atoms with Gasteiger partial charge in [-0.25, -0.2) is 4.98 Å². The molecule has 0 spiro atoms. The van der Waals surface area contributed by atoms with E-state index >= 15 is 0 Å². The molecule has 2 N–H and O–H groups in total. The Hall–Kier alpha value is -1.39. The summed E-state index contributed by atoms with van der Waals surface area (Å²) < 4.78 is 2.07. The molecule has 0 aliphatic rings. The summed E-state index contributed by atoms with van der Waals surface area (Å²) in [7, 11) is 0. The second kappa shape index (κ2) is 4.63. The number of aromatic nitrogens is 2. The molecule has 0 saturated heterocycles. The van der Waals surface area contributed by atoms with E-state index in [0.717, 1.165) is 17.9 Å². The normalized spacial score (nSPS) is 13.2. The third-order valence-electron chi connectivity index (χ3n) is 2.55. The standard InChI is InChI=1S/C12H17N3O/c1-9-4-3-5-15-11(8-14-12(9)15)7-13-6-10(2)16/h3-5,8,10,13,16H,6-7H2,1-2H3. The summed E-state index contributed by atoms with van der Waals surface area (Å²) in [6, 6.07) is 4.07. The lowest BCUT2D eigenvalue weighted by atomic mass is 10.3. The second-order valence-corrected chi connectivity index (χ2v) is 4.11. The molecule has 0 aliphatic heterocycles. The molecular weight excluding hydrogens is 202 g/mol. The van der Waals surface area contributed by atoms with Crippen molar-refractivity contribution in [3.05, 3.63) is 35.8 Å². The molecule has 4 nitrogen and oxygen atoms in total. The quantitative estimate of drug-likeness (QED) is 0.810. The number of aliphatic hydroxyl groups is 1. The molecule has 4 heteroatoms. The molecule has 0 aromatic carbocycles. The summed E-state index contributed by atoms with van der Waals surface area (Å²) in [5.74, 6) is 0. The second-order valence-electron chi connectivity index (χ2n) is 4.11. The number of rotatable bonds is 4. The highest BCUT2D eigenvalue weighted by Crippen LogP contribution is 2.10. The molecule has 2 aromatic heterocycles. The van der Waals surface area contributed by atoms with Gasteiger partial charge < -0.3 is 14.8 Å². The van der Waals surface area contributed by atoms with Crippen molar-refractivity contribution in [1.82, 2.24) is 14.7 Å². The van der Waals surface area contributed by atoms with Gasteiger partial charge in [-0.3, -0.25) is 0 Å². The number of aryl methyl sites for hydroxylation is 1. The summed E-state index contributed by atoms with van der Waals surface area (Å²) in [6.07, 6.45) is 3.56. The maximum Gasteiger partial charge on any atom is 0.139 e. The molecule has 0 bridgehead atoms. The Morgan fingerprint density at radius 2 is 2.38 bits per heavy atom. The molecule has 2 heterocycles. The predicted octanol–water partition coefficient (Wildman–Crippen LogP) is 1.11. The van der Waals surface area contributed by atoms with E-state index in [0.29, 0.717) is 6.54 Å². The minimum Gasteiger partial charge on any atom is -0.392 e. The van der Waals surface area contributed by atoms with Gasteiger partial charge in [0, 0.05) is 19.3 Å². The zero-order valence-corrected chi connectivity index (χ0v) is 9.64. The first-order chi connectivity index (χ1) is 7.68. The molecular formula is C12H17N3O. The fourth-order valence-corrected chi connectivity index (χ4v) is 1.74. The third-order valence-corrected chi connectivity index (χ3v) is 2.55. The topological polar surface area (TPSA) is 49.6 Å². The van der Waals surface area contributed by atoms with Crippen LogP contribution >= 0.6 is 0 Å². The van der Waals surface area contributed by atoms with Gasteiger partial charge in [-0.2, -0.15) is 0 Å². The van der Waals surface area contributed by atoms with Gasteiger partial charge in [0.1, 0.15) is 5.65 Å². The van der Waals surface area contributed by atoms with Gasteiger partial charge in [0.25, 0.3) is 0 Å². The number of pyridine rings is 1. The fourth-order valence-electron chi connectivity index (χ4n) is 1.74. The first-order valence-corrected chi connectivity index (χ1v) is 5.49. The summed E-state index contributed by atoms with van der Waals surface area (Å²) in [5.41, 5.74) is 3.28. The van der Waals surface area contributed by atoms with Crippen LogP contribution in [-0.4, -0.2) is 27.1 Å². The molecule has 2 aromatic rings. The number of imidazole rings is 1. The van der Waals surface area contributed by atoms with Crippen LogP contribution in [-0.2, 0) is 6.54 Å². The van der Waals surface area contributed by atoms with E-state index in [2.05, 4.69) is 27.7 Å². The molecule has 0 fully saturated rings. The molecule has 0 aliphatic carbocycles. The van der Waals surface area contributed by atoms with Crippen LogP contribution in [0.3, 0.4) is 0 Å². The molecule has 0 amide bonds. The summed E-state index contributed by atoms with van der Waals surface area (Å²) in [4.78, 5) is 4.38. The van der Waals surface area contributed by atoms with E-state index in [4.69, 9.17) is 5.11 Å². The average Bonchev–Trinajstić information content (AvgIpc) is 2.63. The number of aliphatic hydroxyl groups excluding tert-OH is 1. The minimum atomic E-state index is -0.319. The molecule has 0 radical (unpaired) electrons. The van der Waals surface area contributed by atoms with Gasteiger partial charge in [-0.1, -0.05) is 6.07 Å². The summed E-state index contributed by atoms with van der Waals surface area (Å²) >= 11 is 0. The van der Waals surface area contributed by atoms with Crippen LogP contribution in [0.15, 0.2) is 24.5 Å². The van der Waals surface area contributed by atoms with Crippen LogP contribution in [0.4, 0.5) is 0 Å². The van der Waals surface area contributed by atoms with Crippen LogP contribution in [0.25, 0.3) is 5.65 Å². The van der Waals surface area contributed by atoms with Gasteiger partial charge in [0.15, 0.2) is 0 Å². The smallest absolute Gasteiger partial charge is 0.139 e. The van der Waals surface area contributed by atoms with E-state index in [1.807, 2.05) is 18.5 Å². The van der Waals surface area contributed by atoms with Crippen molar-refractivity contribution in [2.75, 3.05) is 6.54 Å². The highest BCUT2D eigenvalue weighted by Gasteiger charge is 2.04. The van der Waals surface area contributed by atoms with Crippen molar-refractivity contribution in [3.8, 4) is 0 Å². The minimum absolute atomic E-state index is 0.319. The van der Waals surface area contributed by atoms with Crippen molar-refractivity contribution in [3.63, 3.8) is 0 Å². The molecule has 16 heavy (non-hydrogen) atoms. The predicted molar refractivity (Wildman–Crippen MR) is 63.3 cm³/mol. The molecule has 1 atom stereocenters. The van der Waals surface area contributed by atoms with E-state index < -0.39 is 0 Å². The van der Waals surface area contributed by atoms with Crippen molar-refractivity contribution in [2.24, 2.45) is 0 Å². The van der Waals surface area contributed by atoms with Crippen LogP contribution in [0.1, 0.15) is 18.2 Å². The average molecular weight is 219 g/mol. The van der Waals surface area contributed by atoms with Gasteiger partial charge >= 0.3 is 0 Å². The van der Waals surface area contributed by atoms with E-state index in [9.17, 15) is 0 Å². The van der Waals surface area contributed by atoms with E-state index in [1.54, 1.807) is 6.92 Å². The zero-order valence-electron chi connectivity index (χ0n) is 9.64. The Labute approximate surface area is 94.9 Å². The Kier molecular flexibility index (Phi) is 3.22. The molecule has 2 rings (SSSR count). The van der Waals surface area contributed by atoms with Crippen LogP contribution in [0, 0.1) is 6.92 Å². The van der Waals surface area contributed by atoms with Crippen LogP contribution in [0.2, 0.25) is 0 Å². The Morgan fingerprint density at radius 3 is 3.12 bits per heavy atom. The lowest BCUT2D eigenvalue weighted by Crippen LogP contribution is -2.24. The van der Waals surface area contributed by atoms with Crippen molar-refractivity contribution in [1.29, 1.82) is 0 Å². The first kappa shape index (κ1) is 11.1. The van der Waals surface area contributed by atoms with Crippen LogP contribution in [0.5, 0.6) is 0 Å². The molecule has 0 saturated carbocycles. The summed E-state index contributed by atoms with van der Waals surface area (Å²) in [6.45, 7) is 5.13. The van der Waals surface area contributed by atoms with Gasteiger partial charge in [-0.05, 0) is 25.5 Å². The number of nitrogens with one attached hydrogen (secondary N) is 1. The lowest BCUT2D eigenvalue weighted by Gasteiger charge is -2.06. The highest BCUT2D eigenvalue weighted by atomic mass is 16.3. The van der Waals surface area contributed by atoms with E-state index in [-0.39, 0.29) is 6.10 Å². The number of fused-ring (bicyclic) bond motifs is 1. The number of hydrogen-bond donors (Lipinski definition) is 2. The van der Waals surface area contributed by atoms with E-state index in [1.165, 1.54) is 5.56 Å². The number of hydrogen-bond acceptors (Lipinski definition) is 3. The Bertz CT molecular complexity index is 476. The Balaban J connectivity index is 2.16. The maximum absolute atomic E-state index is 9.15. The monoisotopic (exact) mass is 219 g/mol. The third kappa shape index (κ3) is 2.23.